The van der Waals surface area contributed by atoms with Gasteiger partial charge in [-0.3, -0.25) is 0 Å². The molecule has 0 aliphatic rings. The van der Waals surface area contributed by atoms with Crippen LogP contribution in [0.25, 0.3) is 0 Å². The normalized spacial score (nSPS) is 19.2. The van der Waals surface area contributed by atoms with Gasteiger partial charge in [-0.1, -0.05) is 20.8 Å². The molecule has 0 aliphatic carbocycles. The molecule has 0 aromatic heterocycles. The van der Waals surface area contributed by atoms with Gasteiger partial charge in [-0.05, 0) is 31.6 Å². The molecule has 3 atom stereocenters. The maximum atomic E-state index is 9.46. The Morgan fingerprint density at radius 3 is 1.92 bits per heavy atom. The fourth-order valence-electron chi connectivity index (χ4n) is 0.959. The minimum atomic E-state index is -0.510. The summed E-state index contributed by atoms with van der Waals surface area (Å²) in [4.78, 5) is 0. The quantitative estimate of drug-likeness (QED) is 0.663. The van der Waals surface area contributed by atoms with Gasteiger partial charge in [0, 0.05) is 0 Å². The van der Waals surface area contributed by atoms with Gasteiger partial charge in [-0.15, -0.1) is 0 Å². The zero-order chi connectivity index (χ0) is 9.72. The van der Waals surface area contributed by atoms with E-state index in [1.807, 2.05) is 20.8 Å². The fourth-order valence-corrected chi connectivity index (χ4v) is 0.959. The number of aliphatic hydroxyl groups is 2. The van der Waals surface area contributed by atoms with Crippen LogP contribution >= 0.6 is 0 Å². The minimum Gasteiger partial charge on any atom is -0.393 e. The predicted octanol–water partition coefficient (Wildman–Crippen LogP) is 1.61. The maximum absolute atomic E-state index is 9.46. The Balaban J connectivity index is 3.54. The van der Waals surface area contributed by atoms with Gasteiger partial charge < -0.3 is 10.2 Å². The van der Waals surface area contributed by atoms with E-state index in [0.29, 0.717) is 5.92 Å². The van der Waals surface area contributed by atoms with E-state index in [0.717, 1.165) is 12.8 Å². The van der Waals surface area contributed by atoms with Crippen LogP contribution in [0.5, 0.6) is 0 Å². The van der Waals surface area contributed by atoms with Crippen molar-refractivity contribution in [3.05, 3.63) is 6.92 Å². The van der Waals surface area contributed by atoms with Gasteiger partial charge in [0.05, 0.1) is 12.2 Å². The first-order chi connectivity index (χ1) is 5.45. The van der Waals surface area contributed by atoms with E-state index >= 15 is 0 Å². The molecule has 0 heterocycles. The van der Waals surface area contributed by atoms with Crippen molar-refractivity contribution in [1.82, 2.24) is 0 Å². The molecule has 12 heavy (non-hydrogen) atoms. The second kappa shape index (κ2) is 5.55. The van der Waals surface area contributed by atoms with E-state index in [1.54, 1.807) is 0 Å². The molecule has 0 bridgehead atoms. The maximum Gasteiger partial charge on any atom is 0.0566 e. The monoisotopic (exact) mass is 173 g/mol. The van der Waals surface area contributed by atoms with Gasteiger partial charge in [-0.2, -0.15) is 0 Å². The Hall–Kier alpha value is -0.0800. The van der Waals surface area contributed by atoms with E-state index in [2.05, 4.69) is 6.92 Å². The summed E-state index contributed by atoms with van der Waals surface area (Å²) in [5, 5.41) is 18.5. The Morgan fingerprint density at radius 1 is 1.08 bits per heavy atom. The number of rotatable bonds is 5. The summed E-state index contributed by atoms with van der Waals surface area (Å²) in [6.07, 6.45) is 0.839. The van der Waals surface area contributed by atoms with Gasteiger partial charge in [-0.25, -0.2) is 0 Å². The number of hydrogen-bond donors (Lipinski definition) is 2. The molecule has 2 nitrogen and oxygen atoms in total. The van der Waals surface area contributed by atoms with Crippen LogP contribution in [0.15, 0.2) is 0 Å². The van der Waals surface area contributed by atoms with E-state index in [4.69, 9.17) is 5.11 Å². The Kier molecular flexibility index (Phi) is 5.51. The highest BCUT2D eigenvalue weighted by molar-refractivity contribution is 4.69. The first kappa shape index (κ1) is 11.9. The summed E-state index contributed by atoms with van der Waals surface area (Å²) in [5.74, 6) is 0.484. The molecule has 2 N–H and O–H groups in total. The molecular weight excluding hydrogens is 152 g/mol. The molecule has 0 saturated heterocycles. The van der Waals surface area contributed by atoms with Crippen LogP contribution < -0.4 is 0 Å². The second-order valence-electron chi connectivity index (χ2n) is 3.93. The molecular formula is C10H21O2. The van der Waals surface area contributed by atoms with E-state index < -0.39 is 6.10 Å². The van der Waals surface area contributed by atoms with Crippen LogP contribution in [0.2, 0.25) is 0 Å². The molecule has 1 radical (unpaired) electrons. The van der Waals surface area contributed by atoms with Crippen molar-refractivity contribution in [1.29, 1.82) is 0 Å². The summed E-state index contributed by atoms with van der Waals surface area (Å²) >= 11 is 0. The lowest BCUT2D eigenvalue weighted by atomic mass is 9.94. The van der Waals surface area contributed by atoms with Gasteiger partial charge in [0.2, 0.25) is 0 Å². The third-order valence-corrected chi connectivity index (χ3v) is 2.34. The van der Waals surface area contributed by atoms with Crippen molar-refractivity contribution in [3.63, 3.8) is 0 Å². The van der Waals surface area contributed by atoms with Crippen molar-refractivity contribution in [3.8, 4) is 0 Å². The summed E-state index contributed by atoms with van der Waals surface area (Å²) in [7, 11) is 0. The summed E-state index contributed by atoms with van der Waals surface area (Å²) < 4.78 is 0. The highest BCUT2D eigenvalue weighted by atomic mass is 16.3. The molecule has 3 unspecified atom stereocenters. The van der Waals surface area contributed by atoms with Crippen LogP contribution in [-0.2, 0) is 0 Å². The third kappa shape index (κ3) is 4.73. The van der Waals surface area contributed by atoms with Crippen molar-refractivity contribution in [2.45, 2.75) is 45.8 Å². The lowest BCUT2D eigenvalue weighted by molar-refractivity contribution is 0.0922. The van der Waals surface area contributed by atoms with Crippen molar-refractivity contribution in [2.24, 2.45) is 11.8 Å². The van der Waals surface area contributed by atoms with Crippen LogP contribution in [0.4, 0.5) is 0 Å². The molecule has 0 aromatic rings. The molecule has 73 valence electrons. The zero-order valence-electron chi connectivity index (χ0n) is 8.33. The molecule has 0 amide bonds. The molecule has 0 spiro atoms. The lowest BCUT2D eigenvalue weighted by Crippen LogP contribution is -2.19. The average Bonchev–Trinajstić information content (AvgIpc) is 1.98. The van der Waals surface area contributed by atoms with E-state index in [9.17, 15) is 5.11 Å². The standard InChI is InChI=1S/C10H21O2/c1-7(2)10(12)6-5-8(3)9(4)11/h7-12H,4-6H2,1-3H3. The van der Waals surface area contributed by atoms with Gasteiger partial charge in [0.25, 0.3) is 0 Å². The topological polar surface area (TPSA) is 40.5 Å². The minimum absolute atomic E-state index is 0.179. The third-order valence-electron chi connectivity index (χ3n) is 2.34. The van der Waals surface area contributed by atoms with Crippen LogP contribution in [0, 0.1) is 18.8 Å². The SMILES string of the molecule is [CH2]C(O)C(C)CCC(O)C(C)C. The molecule has 0 fully saturated rings. The summed E-state index contributed by atoms with van der Waals surface area (Å²) in [5.41, 5.74) is 0. The van der Waals surface area contributed by atoms with Gasteiger partial charge in [0.15, 0.2) is 0 Å². The molecule has 0 rings (SSSR count). The van der Waals surface area contributed by atoms with Gasteiger partial charge in [0.1, 0.15) is 0 Å². The van der Waals surface area contributed by atoms with Crippen LogP contribution in [0.3, 0.4) is 0 Å². The second-order valence-corrected chi connectivity index (χ2v) is 3.93. The smallest absolute Gasteiger partial charge is 0.0566 e. The molecule has 0 aliphatic heterocycles. The largest absolute Gasteiger partial charge is 0.393 e. The Morgan fingerprint density at radius 2 is 1.58 bits per heavy atom. The highest BCUT2D eigenvalue weighted by Gasteiger charge is 2.13. The lowest BCUT2D eigenvalue weighted by Gasteiger charge is -2.18. The Labute approximate surface area is 75.6 Å². The van der Waals surface area contributed by atoms with Crippen LogP contribution in [0.1, 0.15) is 33.6 Å². The highest BCUT2D eigenvalue weighted by Crippen LogP contribution is 2.15. The molecule has 0 saturated carbocycles. The molecule has 2 heteroatoms. The fraction of sp³-hybridized carbons (Fsp3) is 0.900. The van der Waals surface area contributed by atoms with Crippen molar-refractivity contribution >= 4 is 0 Å². The first-order valence-corrected chi connectivity index (χ1v) is 4.64. The number of hydrogen-bond acceptors (Lipinski definition) is 2. The van der Waals surface area contributed by atoms with Crippen molar-refractivity contribution < 1.29 is 10.2 Å². The summed E-state index contributed by atoms with van der Waals surface area (Å²) in [6, 6.07) is 0. The summed E-state index contributed by atoms with van der Waals surface area (Å²) in [6.45, 7) is 9.48. The zero-order valence-corrected chi connectivity index (χ0v) is 8.33. The number of aliphatic hydroxyl groups excluding tert-OH is 2. The molecule has 0 aromatic carbocycles. The van der Waals surface area contributed by atoms with E-state index in [1.165, 1.54) is 0 Å². The van der Waals surface area contributed by atoms with Crippen LogP contribution in [-0.4, -0.2) is 22.4 Å². The predicted molar refractivity (Wildman–Crippen MR) is 50.6 cm³/mol. The Bertz CT molecular complexity index is 96.4. The average molecular weight is 173 g/mol. The van der Waals surface area contributed by atoms with Crippen molar-refractivity contribution in [2.75, 3.05) is 0 Å². The first-order valence-electron chi connectivity index (χ1n) is 4.64. The van der Waals surface area contributed by atoms with Gasteiger partial charge >= 0.3 is 0 Å². The van der Waals surface area contributed by atoms with E-state index in [-0.39, 0.29) is 12.0 Å².